The Balaban J connectivity index is 1.68. The van der Waals surface area contributed by atoms with E-state index < -0.39 is 0 Å². The predicted octanol–water partition coefficient (Wildman–Crippen LogP) is 4.81. The van der Waals surface area contributed by atoms with Gasteiger partial charge in [-0.25, -0.2) is 5.43 Å². The fourth-order valence-corrected chi connectivity index (χ4v) is 3.56. The van der Waals surface area contributed by atoms with Crippen LogP contribution in [0.25, 0.3) is 5.57 Å². The molecular formula is C23H26ClN3O2. The third-order valence-electron chi connectivity index (χ3n) is 5.19. The normalized spacial score (nSPS) is 15.1. The van der Waals surface area contributed by atoms with Crippen molar-refractivity contribution in [2.24, 2.45) is 5.10 Å². The van der Waals surface area contributed by atoms with Gasteiger partial charge in [0.2, 0.25) is 0 Å². The van der Waals surface area contributed by atoms with E-state index in [4.69, 9.17) is 16.3 Å². The first-order valence-electron chi connectivity index (χ1n) is 9.46. The average molecular weight is 412 g/mol. The lowest BCUT2D eigenvalue weighted by Gasteiger charge is -2.41. The monoisotopic (exact) mass is 411 g/mol. The number of likely N-dealkylation sites (N-methyl/N-ethyl adjacent to an activating group) is 1. The molecule has 0 atom stereocenters. The fraction of sp³-hybridized carbons (Fsp3) is 0.304. The van der Waals surface area contributed by atoms with Gasteiger partial charge in [0.05, 0.1) is 16.8 Å². The van der Waals surface area contributed by atoms with Crippen molar-refractivity contribution in [2.75, 3.05) is 18.6 Å². The molecule has 29 heavy (non-hydrogen) atoms. The van der Waals surface area contributed by atoms with Crippen molar-refractivity contribution in [2.45, 2.75) is 33.2 Å². The first kappa shape index (κ1) is 20.9. The molecule has 6 heteroatoms. The van der Waals surface area contributed by atoms with Crippen molar-refractivity contribution in [3.63, 3.8) is 0 Å². The molecule has 3 rings (SSSR count). The molecule has 1 aliphatic heterocycles. The summed E-state index contributed by atoms with van der Waals surface area (Å²) < 4.78 is 5.41. The summed E-state index contributed by atoms with van der Waals surface area (Å²) in [6.07, 6.45) is 3.93. The van der Waals surface area contributed by atoms with Crippen LogP contribution in [0.3, 0.4) is 0 Å². The highest BCUT2D eigenvalue weighted by atomic mass is 35.5. The second-order valence-corrected chi connectivity index (χ2v) is 8.19. The number of benzene rings is 2. The Morgan fingerprint density at radius 2 is 2.00 bits per heavy atom. The third kappa shape index (κ3) is 4.62. The van der Waals surface area contributed by atoms with Crippen LogP contribution in [-0.2, 0) is 4.79 Å². The highest BCUT2D eigenvalue weighted by Gasteiger charge is 2.28. The summed E-state index contributed by atoms with van der Waals surface area (Å²) in [7, 11) is 2.11. The summed E-state index contributed by atoms with van der Waals surface area (Å²) in [5.74, 6) is 0.113. The Bertz CT molecular complexity index is 996. The lowest BCUT2D eigenvalue weighted by molar-refractivity contribution is -0.123. The van der Waals surface area contributed by atoms with E-state index in [0.717, 1.165) is 11.1 Å². The molecule has 0 aromatic heterocycles. The van der Waals surface area contributed by atoms with Crippen molar-refractivity contribution in [1.29, 1.82) is 0 Å². The van der Waals surface area contributed by atoms with Crippen LogP contribution in [0.1, 0.15) is 37.5 Å². The minimum absolute atomic E-state index is 0.0330. The summed E-state index contributed by atoms with van der Waals surface area (Å²) in [6.45, 7) is 8.40. The van der Waals surface area contributed by atoms with E-state index in [1.807, 2.05) is 6.92 Å². The summed E-state index contributed by atoms with van der Waals surface area (Å²) in [5.41, 5.74) is 8.11. The quantitative estimate of drug-likeness (QED) is 0.567. The lowest BCUT2D eigenvalue weighted by Crippen LogP contribution is -2.42. The van der Waals surface area contributed by atoms with Crippen molar-refractivity contribution in [1.82, 2.24) is 5.43 Å². The number of carbonyl (C=O) groups is 1. The van der Waals surface area contributed by atoms with Crippen molar-refractivity contribution in [3.8, 4) is 5.75 Å². The number of halogens is 1. The number of carbonyl (C=O) groups excluding carboxylic acids is 1. The number of anilines is 1. The molecule has 152 valence electrons. The highest BCUT2D eigenvalue weighted by molar-refractivity contribution is 6.32. The fourth-order valence-electron chi connectivity index (χ4n) is 3.37. The molecule has 1 amide bonds. The zero-order chi connectivity index (χ0) is 21.2. The minimum Gasteiger partial charge on any atom is -0.482 e. The SMILES string of the molecule is CC1=CC(C)(C)N(C)c2cc(C)c(/C=N\NC(=O)COc3ccccc3Cl)cc21. The van der Waals surface area contributed by atoms with Gasteiger partial charge in [-0.2, -0.15) is 5.10 Å². The van der Waals surface area contributed by atoms with Gasteiger partial charge in [0.1, 0.15) is 5.75 Å². The second kappa shape index (κ2) is 8.29. The van der Waals surface area contributed by atoms with Gasteiger partial charge < -0.3 is 9.64 Å². The average Bonchev–Trinajstić information content (AvgIpc) is 2.66. The number of nitrogens with zero attached hydrogens (tertiary/aromatic N) is 2. The van der Waals surface area contributed by atoms with Gasteiger partial charge in [-0.3, -0.25) is 4.79 Å². The maximum Gasteiger partial charge on any atom is 0.277 e. The molecule has 0 fully saturated rings. The number of rotatable bonds is 5. The van der Waals surface area contributed by atoms with Crippen molar-refractivity contribution in [3.05, 3.63) is 64.2 Å². The second-order valence-electron chi connectivity index (χ2n) is 7.78. The molecule has 1 aliphatic rings. The minimum atomic E-state index is -0.352. The molecule has 1 N–H and O–H groups in total. The van der Waals surface area contributed by atoms with Gasteiger partial charge in [0.25, 0.3) is 5.91 Å². The molecule has 0 saturated carbocycles. The van der Waals surface area contributed by atoms with E-state index in [0.29, 0.717) is 10.8 Å². The van der Waals surface area contributed by atoms with Gasteiger partial charge >= 0.3 is 0 Å². The number of para-hydroxylation sites is 1. The maximum atomic E-state index is 12.0. The Kier molecular flexibility index (Phi) is 5.99. The van der Waals surface area contributed by atoms with E-state index in [2.05, 4.69) is 61.5 Å². The largest absolute Gasteiger partial charge is 0.482 e. The lowest BCUT2D eigenvalue weighted by atomic mass is 9.87. The van der Waals surface area contributed by atoms with E-state index in [9.17, 15) is 4.79 Å². The van der Waals surface area contributed by atoms with Crippen LogP contribution < -0.4 is 15.1 Å². The van der Waals surface area contributed by atoms with Crippen molar-refractivity contribution >= 4 is 35.0 Å². The van der Waals surface area contributed by atoms with E-state index in [1.54, 1.807) is 30.5 Å². The Hall–Kier alpha value is -2.79. The summed E-state index contributed by atoms with van der Waals surface area (Å²) in [5, 5.41) is 4.55. The third-order valence-corrected chi connectivity index (χ3v) is 5.51. The molecule has 0 aliphatic carbocycles. The van der Waals surface area contributed by atoms with Crippen LogP contribution >= 0.6 is 11.6 Å². The van der Waals surface area contributed by atoms with Gasteiger partial charge in [0.15, 0.2) is 6.61 Å². The summed E-state index contributed by atoms with van der Waals surface area (Å²) in [6, 6.07) is 11.3. The number of amides is 1. The maximum absolute atomic E-state index is 12.0. The predicted molar refractivity (Wildman–Crippen MR) is 120 cm³/mol. The van der Waals surface area contributed by atoms with Gasteiger partial charge in [-0.15, -0.1) is 0 Å². The van der Waals surface area contributed by atoms with Crippen LogP contribution in [-0.4, -0.2) is 31.3 Å². The zero-order valence-corrected chi connectivity index (χ0v) is 18.2. The van der Waals surface area contributed by atoms with Crippen LogP contribution in [0, 0.1) is 6.92 Å². The topological polar surface area (TPSA) is 53.9 Å². The highest BCUT2D eigenvalue weighted by Crippen LogP contribution is 2.38. The van der Waals surface area contributed by atoms with Crippen LogP contribution in [0.4, 0.5) is 5.69 Å². The Morgan fingerprint density at radius 1 is 1.28 bits per heavy atom. The van der Waals surface area contributed by atoms with Gasteiger partial charge in [-0.05, 0) is 68.7 Å². The molecule has 5 nitrogen and oxygen atoms in total. The molecule has 0 saturated heterocycles. The van der Waals surface area contributed by atoms with Crippen LogP contribution in [0.2, 0.25) is 5.02 Å². The van der Waals surface area contributed by atoms with E-state index in [-0.39, 0.29) is 18.1 Å². The number of aryl methyl sites for hydroxylation is 1. The number of nitrogens with one attached hydrogen (secondary N) is 1. The Morgan fingerprint density at radius 3 is 2.72 bits per heavy atom. The summed E-state index contributed by atoms with van der Waals surface area (Å²) in [4.78, 5) is 14.3. The Labute approximate surface area is 177 Å². The van der Waals surface area contributed by atoms with Crippen molar-refractivity contribution < 1.29 is 9.53 Å². The summed E-state index contributed by atoms with van der Waals surface area (Å²) >= 11 is 6.01. The first-order valence-corrected chi connectivity index (χ1v) is 9.84. The first-order chi connectivity index (χ1) is 13.7. The molecule has 2 aromatic carbocycles. The van der Waals surface area contributed by atoms with Gasteiger partial charge in [-0.1, -0.05) is 29.8 Å². The zero-order valence-electron chi connectivity index (χ0n) is 17.4. The van der Waals surface area contributed by atoms with E-state index >= 15 is 0 Å². The molecule has 0 unspecified atom stereocenters. The van der Waals surface area contributed by atoms with E-state index in [1.165, 1.54) is 16.8 Å². The number of fused-ring (bicyclic) bond motifs is 1. The number of hydrogen-bond acceptors (Lipinski definition) is 4. The molecule has 0 radical (unpaired) electrons. The molecule has 0 bridgehead atoms. The molecule has 1 heterocycles. The molecule has 0 spiro atoms. The van der Waals surface area contributed by atoms with Crippen LogP contribution in [0.15, 0.2) is 47.6 Å². The number of allylic oxidation sites excluding steroid dienone is 1. The van der Waals surface area contributed by atoms with Crippen LogP contribution in [0.5, 0.6) is 5.75 Å². The standard InChI is InChI=1S/C23H26ClN3O2/c1-15-10-20-18(16(2)12-23(3,4)27(20)5)11-17(15)13-25-26-22(28)14-29-21-9-7-6-8-19(21)24/h6-13H,14H2,1-5H3,(H,26,28)/b25-13-. The number of ether oxygens (including phenoxy) is 1. The van der Waals surface area contributed by atoms with Gasteiger partial charge in [0, 0.05) is 18.3 Å². The molecular weight excluding hydrogens is 386 g/mol. The smallest absolute Gasteiger partial charge is 0.277 e. The molecule has 2 aromatic rings. The number of hydrogen-bond donors (Lipinski definition) is 1. The number of hydrazone groups is 1.